The molecule has 0 spiro atoms. The zero-order chi connectivity index (χ0) is 28.4. The first-order valence-corrected chi connectivity index (χ1v) is 12.5. The molecule has 0 aromatic heterocycles. The third-order valence-electron chi connectivity index (χ3n) is 6.19. The van der Waals surface area contributed by atoms with Crippen molar-refractivity contribution in [3.63, 3.8) is 0 Å². The van der Waals surface area contributed by atoms with E-state index < -0.39 is 23.9 Å². The number of carbonyl (C=O) groups is 3. The van der Waals surface area contributed by atoms with Crippen molar-refractivity contribution in [3.05, 3.63) is 86.4 Å². The fourth-order valence-corrected chi connectivity index (χ4v) is 4.76. The summed E-state index contributed by atoms with van der Waals surface area (Å²) in [6, 6.07) is 12.4. The SMILES string of the molecule is COc1cc(C(C)(C)C)cc(C)c1-c1ccc(C[C@H](NC(=O)c2c(Cl)cc(C(=O)O)cc2Cl)C(=O)O)cc1. The Kier molecular flexibility index (Phi) is 8.75. The number of aliphatic carboxylic acids is 1. The Morgan fingerprint density at radius 2 is 1.55 bits per heavy atom. The average Bonchev–Trinajstić information content (AvgIpc) is 2.82. The van der Waals surface area contributed by atoms with Crippen molar-refractivity contribution in [1.82, 2.24) is 5.32 Å². The molecule has 0 aliphatic carbocycles. The van der Waals surface area contributed by atoms with Crippen molar-refractivity contribution < 1.29 is 29.3 Å². The highest BCUT2D eigenvalue weighted by atomic mass is 35.5. The molecule has 0 saturated heterocycles. The van der Waals surface area contributed by atoms with E-state index in [1.807, 2.05) is 25.1 Å². The Hall–Kier alpha value is -3.55. The van der Waals surface area contributed by atoms with Crippen molar-refractivity contribution in [2.45, 2.75) is 45.6 Å². The Morgan fingerprint density at radius 3 is 2.03 bits per heavy atom. The average molecular weight is 558 g/mol. The maximum Gasteiger partial charge on any atom is 0.335 e. The highest BCUT2D eigenvalue weighted by molar-refractivity contribution is 6.40. The molecule has 0 heterocycles. The molecule has 38 heavy (non-hydrogen) atoms. The minimum absolute atomic E-state index is 0.00286. The standard InChI is InChI=1S/C29H29Cl2NO6/c1-15-10-19(29(2,3)4)14-23(38-5)24(15)17-8-6-16(7-9-17)11-22(28(36)37)32-26(33)25-20(30)12-18(27(34)35)13-21(25)31/h6-10,12-14,22H,11H2,1-5H3,(H,32,33)(H,34,35)(H,36,37)/t22-/m0/s1. The molecule has 1 atom stereocenters. The molecule has 0 bridgehead atoms. The van der Waals surface area contributed by atoms with Crippen LogP contribution < -0.4 is 10.1 Å². The summed E-state index contributed by atoms with van der Waals surface area (Å²) in [5.41, 5.74) is 4.34. The number of carbonyl (C=O) groups excluding carboxylic acids is 1. The van der Waals surface area contributed by atoms with Crippen molar-refractivity contribution in [2.24, 2.45) is 0 Å². The van der Waals surface area contributed by atoms with Gasteiger partial charge in [0.05, 0.1) is 28.3 Å². The number of hydrogen-bond donors (Lipinski definition) is 3. The predicted molar refractivity (Wildman–Crippen MR) is 148 cm³/mol. The summed E-state index contributed by atoms with van der Waals surface area (Å²) in [4.78, 5) is 35.9. The highest BCUT2D eigenvalue weighted by Gasteiger charge is 2.25. The van der Waals surface area contributed by atoms with E-state index in [1.165, 1.54) is 0 Å². The summed E-state index contributed by atoms with van der Waals surface area (Å²) in [7, 11) is 1.63. The first-order chi connectivity index (χ1) is 17.7. The molecule has 0 radical (unpaired) electrons. The van der Waals surface area contributed by atoms with Crippen molar-refractivity contribution in [1.29, 1.82) is 0 Å². The lowest BCUT2D eigenvalue weighted by Gasteiger charge is -2.23. The van der Waals surface area contributed by atoms with Crippen molar-refractivity contribution in [2.75, 3.05) is 7.11 Å². The second-order valence-electron chi connectivity index (χ2n) is 10.0. The second kappa shape index (κ2) is 11.5. The largest absolute Gasteiger partial charge is 0.496 e. The summed E-state index contributed by atoms with van der Waals surface area (Å²) >= 11 is 12.2. The van der Waals surface area contributed by atoms with Gasteiger partial charge < -0.3 is 20.3 Å². The molecule has 200 valence electrons. The molecule has 3 aromatic rings. The van der Waals surface area contributed by atoms with Crippen LogP contribution in [0.1, 0.15) is 58.2 Å². The lowest BCUT2D eigenvalue weighted by Crippen LogP contribution is -2.42. The number of carboxylic acid groups (broad SMARTS) is 2. The van der Waals surface area contributed by atoms with Gasteiger partial charge in [0.15, 0.2) is 0 Å². The van der Waals surface area contributed by atoms with Gasteiger partial charge in [0, 0.05) is 12.0 Å². The van der Waals surface area contributed by atoms with Crippen LogP contribution in [-0.2, 0) is 16.6 Å². The summed E-state index contributed by atoms with van der Waals surface area (Å²) in [5.74, 6) is -2.57. The molecule has 0 fully saturated rings. The number of hydrogen-bond acceptors (Lipinski definition) is 4. The molecular weight excluding hydrogens is 529 g/mol. The van der Waals surface area contributed by atoms with Crippen LogP contribution in [0.4, 0.5) is 0 Å². The Bertz CT molecular complexity index is 1370. The topological polar surface area (TPSA) is 113 Å². The van der Waals surface area contributed by atoms with Crippen LogP contribution in [0, 0.1) is 6.92 Å². The maximum atomic E-state index is 12.8. The van der Waals surface area contributed by atoms with E-state index >= 15 is 0 Å². The molecule has 3 aromatic carbocycles. The number of halogens is 2. The van der Waals surface area contributed by atoms with Crippen LogP contribution in [0.25, 0.3) is 11.1 Å². The molecule has 0 saturated carbocycles. The third-order valence-corrected chi connectivity index (χ3v) is 6.78. The number of rotatable bonds is 8. The van der Waals surface area contributed by atoms with E-state index in [-0.39, 0.29) is 33.0 Å². The van der Waals surface area contributed by atoms with E-state index in [0.717, 1.165) is 40.1 Å². The quantitative estimate of drug-likeness (QED) is 0.295. The fraction of sp³-hybridized carbons (Fsp3) is 0.276. The Labute approximate surface area is 231 Å². The molecule has 7 nitrogen and oxygen atoms in total. The van der Waals surface area contributed by atoms with Crippen molar-refractivity contribution in [3.8, 4) is 16.9 Å². The Morgan fingerprint density at radius 1 is 0.974 bits per heavy atom. The minimum Gasteiger partial charge on any atom is -0.496 e. The lowest BCUT2D eigenvalue weighted by atomic mass is 9.84. The fourth-order valence-electron chi connectivity index (χ4n) is 4.11. The number of ether oxygens (including phenoxy) is 1. The van der Waals surface area contributed by atoms with Gasteiger partial charge in [0.1, 0.15) is 11.8 Å². The van der Waals surface area contributed by atoms with Gasteiger partial charge in [-0.3, -0.25) is 4.79 Å². The Balaban J connectivity index is 1.84. The van der Waals surface area contributed by atoms with Gasteiger partial charge in [-0.05, 0) is 52.8 Å². The van der Waals surface area contributed by atoms with E-state index in [2.05, 4.69) is 32.2 Å². The van der Waals surface area contributed by atoms with E-state index in [1.54, 1.807) is 19.2 Å². The zero-order valence-corrected chi connectivity index (χ0v) is 23.2. The van der Waals surface area contributed by atoms with Gasteiger partial charge >= 0.3 is 11.9 Å². The molecule has 0 unspecified atom stereocenters. The highest BCUT2D eigenvalue weighted by Crippen LogP contribution is 2.37. The van der Waals surface area contributed by atoms with Crippen LogP contribution in [0.2, 0.25) is 10.0 Å². The third kappa shape index (κ3) is 6.47. The number of amides is 1. The van der Waals surface area contributed by atoms with Gasteiger partial charge in [-0.15, -0.1) is 0 Å². The van der Waals surface area contributed by atoms with Crippen LogP contribution in [0.15, 0.2) is 48.5 Å². The zero-order valence-electron chi connectivity index (χ0n) is 21.7. The van der Waals surface area contributed by atoms with Crippen LogP contribution in [0.3, 0.4) is 0 Å². The molecule has 0 aliphatic heterocycles. The van der Waals surface area contributed by atoms with E-state index in [9.17, 15) is 19.5 Å². The summed E-state index contributed by atoms with van der Waals surface area (Å²) in [6.45, 7) is 8.44. The minimum atomic E-state index is -1.28. The molecule has 0 aliphatic rings. The van der Waals surface area contributed by atoms with Gasteiger partial charge in [-0.1, -0.05) is 74.3 Å². The lowest BCUT2D eigenvalue weighted by molar-refractivity contribution is -0.139. The number of aromatic carboxylic acids is 1. The second-order valence-corrected chi connectivity index (χ2v) is 10.8. The van der Waals surface area contributed by atoms with Gasteiger partial charge in [-0.2, -0.15) is 0 Å². The number of methoxy groups -OCH3 is 1. The smallest absolute Gasteiger partial charge is 0.335 e. The van der Waals surface area contributed by atoms with Crippen LogP contribution in [-0.4, -0.2) is 41.2 Å². The first-order valence-electron chi connectivity index (χ1n) is 11.8. The number of aryl methyl sites for hydroxylation is 1. The molecule has 9 heteroatoms. The molecular formula is C29H29Cl2NO6. The van der Waals surface area contributed by atoms with Crippen LogP contribution in [0.5, 0.6) is 5.75 Å². The number of nitrogens with one attached hydrogen (secondary N) is 1. The monoisotopic (exact) mass is 557 g/mol. The van der Waals surface area contributed by atoms with E-state index in [4.69, 9.17) is 33.0 Å². The van der Waals surface area contributed by atoms with Gasteiger partial charge in [-0.25, -0.2) is 9.59 Å². The molecule has 1 amide bonds. The maximum absolute atomic E-state index is 12.8. The van der Waals surface area contributed by atoms with Gasteiger partial charge in [0.2, 0.25) is 0 Å². The molecule has 3 N–H and O–H groups in total. The normalized spacial score (nSPS) is 12.1. The van der Waals surface area contributed by atoms with Crippen LogP contribution >= 0.6 is 23.2 Å². The van der Waals surface area contributed by atoms with Gasteiger partial charge in [0.25, 0.3) is 5.91 Å². The summed E-state index contributed by atoms with van der Waals surface area (Å²) in [6.07, 6.45) is 0.00286. The summed E-state index contributed by atoms with van der Waals surface area (Å²) in [5, 5.41) is 20.9. The van der Waals surface area contributed by atoms with Crippen molar-refractivity contribution >= 4 is 41.0 Å². The number of carboxylic acids is 2. The first kappa shape index (κ1) is 29.0. The molecule has 3 rings (SSSR count). The number of benzene rings is 3. The predicted octanol–water partition coefficient (Wildman–Crippen LogP) is 6.40. The van der Waals surface area contributed by atoms with E-state index in [0.29, 0.717) is 5.56 Å². The summed E-state index contributed by atoms with van der Waals surface area (Å²) < 4.78 is 5.69.